The van der Waals surface area contributed by atoms with Crippen LogP contribution in [0.3, 0.4) is 0 Å². The number of hydrogen-bond donors (Lipinski definition) is 2. The van der Waals surface area contributed by atoms with Crippen LogP contribution >= 0.6 is 0 Å². The Morgan fingerprint density at radius 3 is 2.25 bits per heavy atom. The highest BCUT2D eigenvalue weighted by Gasteiger charge is 2.34. The first-order valence-corrected chi connectivity index (χ1v) is 10.6. The molecule has 10 heteroatoms. The number of methoxy groups -OCH3 is 1. The molecular formula is C22H32F3N3O4. The molecule has 180 valence electrons. The van der Waals surface area contributed by atoms with Crippen molar-refractivity contribution >= 4 is 17.6 Å². The molecule has 3 atom stereocenters. The molecule has 0 radical (unpaired) electrons. The number of carbonyl (C=O) groups is 2. The summed E-state index contributed by atoms with van der Waals surface area (Å²) in [5, 5.41) is 12.2. The zero-order chi connectivity index (χ0) is 24.1. The van der Waals surface area contributed by atoms with Crippen LogP contribution in [0.25, 0.3) is 0 Å². The van der Waals surface area contributed by atoms with Crippen molar-refractivity contribution in [3.05, 3.63) is 29.8 Å². The molecule has 1 aromatic carbocycles. The number of benzene rings is 1. The van der Waals surface area contributed by atoms with Gasteiger partial charge in [0, 0.05) is 44.8 Å². The van der Waals surface area contributed by atoms with E-state index in [9.17, 15) is 27.9 Å². The van der Waals surface area contributed by atoms with Crippen LogP contribution in [0, 0.1) is 11.8 Å². The lowest BCUT2D eigenvalue weighted by atomic mass is 10.0. The van der Waals surface area contributed by atoms with E-state index < -0.39 is 23.8 Å². The van der Waals surface area contributed by atoms with Crippen molar-refractivity contribution < 1.29 is 32.6 Å². The molecule has 1 fully saturated rings. The summed E-state index contributed by atoms with van der Waals surface area (Å²) in [6.45, 7) is 3.85. The number of nitrogens with one attached hydrogen (secondary N) is 1. The topological polar surface area (TPSA) is 82.1 Å². The second-order valence-corrected chi connectivity index (χ2v) is 8.43. The Hall–Kier alpha value is -2.33. The number of alkyl halides is 3. The van der Waals surface area contributed by atoms with Gasteiger partial charge >= 0.3 is 12.2 Å². The van der Waals surface area contributed by atoms with E-state index in [0.717, 1.165) is 25.0 Å². The van der Waals surface area contributed by atoms with Crippen LogP contribution in [-0.2, 0) is 15.7 Å². The van der Waals surface area contributed by atoms with Gasteiger partial charge in [-0.2, -0.15) is 13.2 Å². The number of hydrogen-bond acceptors (Lipinski definition) is 4. The van der Waals surface area contributed by atoms with E-state index >= 15 is 0 Å². The summed E-state index contributed by atoms with van der Waals surface area (Å²) in [7, 11) is 3.27. The third-order valence-corrected chi connectivity index (χ3v) is 5.70. The Balaban J connectivity index is 2.04. The van der Waals surface area contributed by atoms with Gasteiger partial charge in [0.2, 0.25) is 5.91 Å². The fraction of sp³-hybridized carbons (Fsp3) is 0.636. The third-order valence-electron chi connectivity index (χ3n) is 5.70. The van der Waals surface area contributed by atoms with E-state index in [1.54, 1.807) is 26.0 Å². The maximum absolute atomic E-state index is 12.8. The summed E-state index contributed by atoms with van der Waals surface area (Å²) >= 11 is 0. The zero-order valence-corrected chi connectivity index (χ0v) is 18.9. The lowest BCUT2D eigenvalue weighted by Gasteiger charge is -2.34. The van der Waals surface area contributed by atoms with E-state index in [-0.39, 0.29) is 42.7 Å². The number of urea groups is 1. The van der Waals surface area contributed by atoms with Crippen molar-refractivity contribution in [1.82, 2.24) is 9.80 Å². The zero-order valence-electron chi connectivity index (χ0n) is 18.9. The maximum atomic E-state index is 12.8. The quantitative estimate of drug-likeness (QED) is 0.562. The van der Waals surface area contributed by atoms with E-state index in [0.29, 0.717) is 6.54 Å². The molecule has 3 amide bonds. The SMILES string of the molecule is CO[C@H](CN(C)C(=O)C1CC1)[C@@H](C)CN(C(=O)Nc1ccc(C(F)(F)F)cc1)[C@H](C)CO. The van der Waals surface area contributed by atoms with E-state index in [2.05, 4.69) is 5.32 Å². The molecule has 1 aliphatic carbocycles. The Bertz CT molecular complexity index is 769. The highest BCUT2D eigenvalue weighted by molar-refractivity contribution is 5.89. The average molecular weight is 460 g/mol. The predicted octanol–water partition coefficient (Wildman–Crippen LogP) is 3.44. The highest BCUT2D eigenvalue weighted by atomic mass is 19.4. The number of ether oxygens (including phenoxy) is 1. The monoisotopic (exact) mass is 459 g/mol. The smallest absolute Gasteiger partial charge is 0.394 e. The van der Waals surface area contributed by atoms with Crippen molar-refractivity contribution in [1.29, 1.82) is 0 Å². The van der Waals surface area contributed by atoms with Crippen LogP contribution in [-0.4, -0.2) is 72.8 Å². The van der Waals surface area contributed by atoms with E-state index in [1.807, 2.05) is 6.92 Å². The number of likely N-dealkylation sites (N-methyl/N-ethyl adjacent to an activating group) is 1. The standard InChI is InChI=1S/C22H32F3N3O4/c1-14(19(32-4)12-27(3)20(30)16-5-6-16)11-28(15(2)13-29)21(31)26-18-9-7-17(8-10-18)22(23,24)25/h7-10,14-16,19,29H,5-6,11-13H2,1-4H3,(H,26,31)/t14-,15+,19+/m0/s1. The first kappa shape index (κ1) is 25.9. The molecule has 0 heterocycles. The molecule has 0 aromatic heterocycles. The molecule has 0 bridgehead atoms. The molecule has 32 heavy (non-hydrogen) atoms. The Kier molecular flexibility index (Phi) is 8.91. The number of amides is 3. The summed E-state index contributed by atoms with van der Waals surface area (Å²) in [6.07, 6.45) is -2.99. The number of anilines is 1. The summed E-state index contributed by atoms with van der Waals surface area (Å²) in [6, 6.07) is 3.08. The van der Waals surface area contributed by atoms with Crippen molar-refractivity contribution in [2.45, 2.75) is 45.0 Å². The van der Waals surface area contributed by atoms with Gasteiger partial charge in [0.15, 0.2) is 0 Å². The van der Waals surface area contributed by atoms with Crippen LogP contribution < -0.4 is 5.32 Å². The first-order chi connectivity index (χ1) is 15.0. The molecule has 1 aromatic rings. The predicted molar refractivity (Wildman–Crippen MR) is 114 cm³/mol. The summed E-state index contributed by atoms with van der Waals surface area (Å²) in [4.78, 5) is 28.1. The lowest BCUT2D eigenvalue weighted by Crippen LogP contribution is -2.49. The number of rotatable bonds is 10. The molecule has 0 aliphatic heterocycles. The van der Waals surface area contributed by atoms with Gasteiger partial charge in [-0.15, -0.1) is 0 Å². The van der Waals surface area contributed by atoms with Crippen molar-refractivity contribution in [3.8, 4) is 0 Å². The van der Waals surface area contributed by atoms with Crippen molar-refractivity contribution in [2.24, 2.45) is 11.8 Å². The number of halogens is 3. The van der Waals surface area contributed by atoms with Gasteiger partial charge < -0.3 is 25.0 Å². The molecule has 1 aliphatic rings. The maximum Gasteiger partial charge on any atom is 0.416 e. The van der Waals surface area contributed by atoms with Crippen LogP contribution in [0.15, 0.2) is 24.3 Å². The Labute approximate surface area is 186 Å². The van der Waals surface area contributed by atoms with Gasteiger partial charge in [0.05, 0.1) is 24.3 Å². The lowest BCUT2D eigenvalue weighted by molar-refractivity contribution is -0.137. The average Bonchev–Trinajstić information content (AvgIpc) is 3.59. The van der Waals surface area contributed by atoms with Gasteiger partial charge in [-0.1, -0.05) is 6.92 Å². The minimum atomic E-state index is -4.46. The molecule has 0 unspecified atom stereocenters. The number of aliphatic hydroxyl groups excluding tert-OH is 1. The minimum absolute atomic E-state index is 0.0832. The van der Waals surface area contributed by atoms with Gasteiger partial charge in [-0.05, 0) is 44.0 Å². The molecule has 1 saturated carbocycles. The van der Waals surface area contributed by atoms with Crippen LogP contribution in [0.1, 0.15) is 32.3 Å². The van der Waals surface area contributed by atoms with Gasteiger partial charge in [-0.3, -0.25) is 4.79 Å². The molecule has 7 nitrogen and oxygen atoms in total. The van der Waals surface area contributed by atoms with Crippen LogP contribution in [0.5, 0.6) is 0 Å². The molecular weight excluding hydrogens is 427 g/mol. The number of aliphatic hydroxyl groups is 1. The molecule has 0 saturated heterocycles. The second kappa shape index (κ2) is 11.0. The van der Waals surface area contributed by atoms with Gasteiger partial charge in [0.1, 0.15) is 0 Å². The number of carbonyl (C=O) groups excluding carboxylic acids is 2. The summed E-state index contributed by atoms with van der Waals surface area (Å²) in [5.41, 5.74) is -0.596. The van der Waals surface area contributed by atoms with Crippen molar-refractivity contribution in [2.75, 3.05) is 39.2 Å². The van der Waals surface area contributed by atoms with Gasteiger partial charge in [0.25, 0.3) is 0 Å². The summed E-state index contributed by atoms with van der Waals surface area (Å²) < 4.78 is 43.8. The molecule has 0 spiro atoms. The second-order valence-electron chi connectivity index (χ2n) is 8.43. The summed E-state index contributed by atoms with van der Waals surface area (Å²) in [5.74, 6) is -0.00470. The Morgan fingerprint density at radius 1 is 1.19 bits per heavy atom. The van der Waals surface area contributed by atoms with Crippen molar-refractivity contribution in [3.63, 3.8) is 0 Å². The van der Waals surface area contributed by atoms with Crippen LogP contribution in [0.4, 0.5) is 23.7 Å². The molecule has 2 rings (SSSR count). The highest BCUT2D eigenvalue weighted by Crippen LogP contribution is 2.31. The van der Waals surface area contributed by atoms with Gasteiger partial charge in [-0.25, -0.2) is 4.79 Å². The fourth-order valence-electron chi connectivity index (χ4n) is 3.42. The van der Waals surface area contributed by atoms with Crippen LogP contribution in [0.2, 0.25) is 0 Å². The molecule has 2 N–H and O–H groups in total. The fourth-order valence-corrected chi connectivity index (χ4v) is 3.42. The van der Waals surface area contributed by atoms with E-state index in [4.69, 9.17) is 4.74 Å². The van der Waals surface area contributed by atoms with E-state index in [1.165, 1.54) is 17.0 Å². The normalized spacial score (nSPS) is 16.8. The Morgan fingerprint density at radius 2 is 1.78 bits per heavy atom. The largest absolute Gasteiger partial charge is 0.416 e. The first-order valence-electron chi connectivity index (χ1n) is 10.6. The number of nitrogens with zero attached hydrogens (tertiary/aromatic N) is 2. The third kappa shape index (κ3) is 7.09. The minimum Gasteiger partial charge on any atom is -0.394 e.